The average molecular weight is 424 g/mol. The fourth-order valence-corrected chi connectivity index (χ4v) is 3.34. The number of nitrogens with one attached hydrogen (secondary N) is 1. The van der Waals surface area contributed by atoms with Gasteiger partial charge in [0.1, 0.15) is 11.4 Å². The summed E-state index contributed by atoms with van der Waals surface area (Å²) < 4.78 is 11.0. The van der Waals surface area contributed by atoms with Crippen LogP contribution in [0.5, 0.6) is 5.75 Å². The van der Waals surface area contributed by atoms with Crippen LogP contribution in [-0.4, -0.2) is 43.7 Å². The molecule has 1 aromatic carbocycles. The molecule has 0 bridgehead atoms. The minimum absolute atomic E-state index is 0.0964. The molecular formula is C22H37NO5Si. The first-order valence-electron chi connectivity index (χ1n) is 10.2. The maximum atomic E-state index is 12.6. The lowest BCUT2D eigenvalue weighted by Crippen LogP contribution is -2.39. The van der Waals surface area contributed by atoms with Gasteiger partial charge in [-0.3, -0.25) is 4.79 Å². The zero-order valence-corrected chi connectivity index (χ0v) is 19.9. The molecule has 0 unspecified atom stereocenters. The Bertz CT molecular complexity index is 689. The number of ether oxygens (including phenoxy) is 2. The number of rotatable bonds is 10. The van der Waals surface area contributed by atoms with E-state index in [2.05, 4.69) is 19.2 Å². The van der Waals surface area contributed by atoms with Gasteiger partial charge in [-0.1, -0.05) is 26.0 Å². The van der Waals surface area contributed by atoms with Crippen LogP contribution in [0, 0.1) is 0 Å². The molecule has 0 aliphatic heterocycles. The van der Waals surface area contributed by atoms with E-state index in [1.54, 1.807) is 39.0 Å². The van der Waals surface area contributed by atoms with Crippen molar-refractivity contribution in [2.45, 2.75) is 77.6 Å². The first-order chi connectivity index (χ1) is 13.2. The molecule has 0 aliphatic carbocycles. The van der Waals surface area contributed by atoms with Crippen LogP contribution >= 0.6 is 0 Å². The van der Waals surface area contributed by atoms with Gasteiger partial charge in [0.2, 0.25) is 0 Å². The van der Waals surface area contributed by atoms with Gasteiger partial charge in [-0.2, -0.15) is 0 Å². The van der Waals surface area contributed by atoms with Crippen LogP contribution in [0.25, 0.3) is 0 Å². The number of para-hydroxylation sites is 1. The lowest BCUT2D eigenvalue weighted by atomic mass is 10.1. The minimum atomic E-state index is -2.24. The maximum Gasteiger partial charge on any atom is 0.407 e. The van der Waals surface area contributed by atoms with Gasteiger partial charge in [-0.25, -0.2) is 4.79 Å². The number of carbonyl (C=O) groups is 2. The van der Waals surface area contributed by atoms with Gasteiger partial charge in [-0.15, -0.1) is 0 Å². The zero-order chi connectivity index (χ0) is 22.3. The van der Waals surface area contributed by atoms with Crippen molar-refractivity contribution in [2.75, 3.05) is 13.2 Å². The molecule has 1 aromatic rings. The molecule has 0 saturated carbocycles. The van der Waals surface area contributed by atoms with Crippen molar-refractivity contribution < 1.29 is 23.9 Å². The number of benzene rings is 1. The minimum Gasteiger partial charge on any atom is -0.493 e. The van der Waals surface area contributed by atoms with Crippen LogP contribution in [0.2, 0.25) is 18.1 Å². The quantitative estimate of drug-likeness (QED) is 0.317. The molecule has 0 saturated heterocycles. The lowest BCUT2D eigenvalue weighted by Gasteiger charge is -2.35. The van der Waals surface area contributed by atoms with E-state index in [1.165, 1.54) is 0 Å². The average Bonchev–Trinajstić information content (AvgIpc) is 2.56. The number of hydrogen-bond acceptors (Lipinski definition) is 5. The van der Waals surface area contributed by atoms with Gasteiger partial charge in [0.05, 0.1) is 12.2 Å². The van der Waals surface area contributed by atoms with E-state index in [4.69, 9.17) is 9.47 Å². The Balaban J connectivity index is 2.54. The third kappa shape index (κ3) is 9.00. The normalized spacial score (nSPS) is 12.4. The van der Waals surface area contributed by atoms with Gasteiger partial charge < -0.3 is 19.6 Å². The highest BCUT2D eigenvalue weighted by atomic mass is 28.4. The number of ketones is 1. The van der Waals surface area contributed by atoms with E-state index >= 15 is 0 Å². The molecule has 0 heterocycles. The Morgan fingerprint density at radius 2 is 1.72 bits per heavy atom. The van der Waals surface area contributed by atoms with Crippen molar-refractivity contribution >= 4 is 20.2 Å². The molecule has 0 spiro atoms. The second-order valence-electron chi connectivity index (χ2n) is 9.49. The molecule has 29 heavy (non-hydrogen) atoms. The second-order valence-corrected chi connectivity index (χ2v) is 14.0. The Labute approximate surface area is 176 Å². The molecule has 0 radical (unpaired) electrons. The smallest absolute Gasteiger partial charge is 0.407 e. The van der Waals surface area contributed by atoms with Crippen molar-refractivity contribution in [1.82, 2.24) is 5.32 Å². The molecule has 164 valence electrons. The van der Waals surface area contributed by atoms with E-state index < -0.39 is 20.0 Å². The number of hydrogen-bond donors (Lipinski definition) is 2. The molecule has 0 atom stereocenters. The summed E-state index contributed by atoms with van der Waals surface area (Å²) in [5.74, 6) is 0.453. The summed E-state index contributed by atoms with van der Waals surface area (Å²) >= 11 is 0. The van der Waals surface area contributed by atoms with Crippen molar-refractivity contribution in [3.8, 4) is 5.75 Å². The summed E-state index contributed by atoms with van der Waals surface area (Å²) in [6.45, 7) is 14.1. The first kappa shape index (κ1) is 25.2. The highest BCUT2D eigenvalue weighted by Crippen LogP contribution is 2.39. The number of alkyl carbamates (subject to hydrolysis) is 1. The van der Waals surface area contributed by atoms with Crippen LogP contribution in [0.4, 0.5) is 4.79 Å². The van der Waals surface area contributed by atoms with Gasteiger partial charge in [0, 0.05) is 13.0 Å². The number of carbonyl (C=O) groups excluding carboxylic acids is 2. The molecule has 2 N–H and O–H groups in total. The standard InChI is InChI=1S/C22H37NO5Si/c1-21(2,3)28-20(25)23-15-13-18(24)17-11-8-9-12-19(17)27-16-10-14-22(4,5)29(6,7)26/h8-9,11-12,26H,10,13-16H2,1-7H3,(H,23,25). The third-order valence-electron chi connectivity index (χ3n) is 5.07. The highest BCUT2D eigenvalue weighted by Gasteiger charge is 2.37. The Kier molecular flexibility index (Phi) is 8.90. The summed E-state index contributed by atoms with van der Waals surface area (Å²) in [6, 6.07) is 7.15. The highest BCUT2D eigenvalue weighted by molar-refractivity contribution is 6.72. The first-order valence-corrected chi connectivity index (χ1v) is 13.1. The van der Waals surface area contributed by atoms with E-state index in [-0.39, 0.29) is 23.8 Å². The summed E-state index contributed by atoms with van der Waals surface area (Å²) in [7, 11) is -2.24. The van der Waals surface area contributed by atoms with Crippen LogP contribution in [0.1, 0.15) is 64.2 Å². The van der Waals surface area contributed by atoms with Crippen molar-refractivity contribution in [1.29, 1.82) is 0 Å². The zero-order valence-electron chi connectivity index (χ0n) is 18.9. The van der Waals surface area contributed by atoms with Crippen molar-refractivity contribution in [2.24, 2.45) is 0 Å². The van der Waals surface area contributed by atoms with Crippen molar-refractivity contribution in [3.05, 3.63) is 29.8 Å². The summed E-state index contributed by atoms with van der Waals surface area (Å²) in [6.07, 6.45) is 1.29. The molecule has 7 heteroatoms. The van der Waals surface area contributed by atoms with E-state index in [0.29, 0.717) is 17.9 Å². The Morgan fingerprint density at radius 3 is 2.31 bits per heavy atom. The van der Waals surface area contributed by atoms with Gasteiger partial charge in [-0.05, 0) is 63.9 Å². The predicted molar refractivity (Wildman–Crippen MR) is 118 cm³/mol. The predicted octanol–water partition coefficient (Wildman–Crippen LogP) is 4.92. The van der Waals surface area contributed by atoms with Crippen LogP contribution in [-0.2, 0) is 4.74 Å². The summed E-state index contributed by atoms with van der Waals surface area (Å²) in [4.78, 5) is 34.6. The lowest BCUT2D eigenvalue weighted by molar-refractivity contribution is 0.0527. The fraction of sp³-hybridized carbons (Fsp3) is 0.636. The van der Waals surface area contributed by atoms with E-state index in [1.807, 2.05) is 19.2 Å². The van der Waals surface area contributed by atoms with E-state index in [9.17, 15) is 14.4 Å². The SMILES string of the molecule is CC(C)(C)OC(=O)NCCC(=O)c1ccccc1OCCCC(C)(C)[Si](C)(C)O. The van der Waals surface area contributed by atoms with Crippen LogP contribution in [0.15, 0.2) is 24.3 Å². The molecule has 1 rings (SSSR count). The maximum absolute atomic E-state index is 12.6. The molecule has 0 aliphatic rings. The van der Waals surface area contributed by atoms with Crippen LogP contribution < -0.4 is 10.1 Å². The van der Waals surface area contributed by atoms with Gasteiger partial charge in [0.25, 0.3) is 0 Å². The number of amides is 1. The topological polar surface area (TPSA) is 84.9 Å². The molecule has 6 nitrogen and oxygen atoms in total. The Hall–Kier alpha value is -1.86. The fourth-order valence-electron chi connectivity index (χ4n) is 2.55. The van der Waals surface area contributed by atoms with E-state index in [0.717, 1.165) is 12.8 Å². The largest absolute Gasteiger partial charge is 0.493 e. The van der Waals surface area contributed by atoms with Crippen molar-refractivity contribution in [3.63, 3.8) is 0 Å². The number of Topliss-reactive ketones (excluding diaryl/α,β-unsaturated/α-hetero) is 1. The molecule has 1 amide bonds. The summed E-state index contributed by atoms with van der Waals surface area (Å²) in [5, 5.41) is 2.50. The molecule has 0 fully saturated rings. The summed E-state index contributed by atoms with van der Waals surface area (Å²) in [5.41, 5.74) is -0.0637. The third-order valence-corrected chi connectivity index (χ3v) is 8.63. The van der Waals surface area contributed by atoms with Gasteiger partial charge in [0.15, 0.2) is 14.1 Å². The molecule has 0 aromatic heterocycles. The van der Waals surface area contributed by atoms with Gasteiger partial charge >= 0.3 is 6.09 Å². The second kappa shape index (κ2) is 10.3. The Morgan fingerprint density at radius 1 is 1.10 bits per heavy atom. The monoisotopic (exact) mass is 423 g/mol. The molecular weight excluding hydrogens is 386 g/mol. The van der Waals surface area contributed by atoms with Crippen LogP contribution in [0.3, 0.4) is 0 Å².